The van der Waals surface area contributed by atoms with Gasteiger partial charge in [-0.2, -0.15) is 0 Å². The third-order valence-electron chi connectivity index (χ3n) is 3.36. The van der Waals surface area contributed by atoms with E-state index >= 15 is 0 Å². The Bertz CT molecular complexity index is 838. The van der Waals surface area contributed by atoms with Crippen molar-refractivity contribution in [1.29, 1.82) is 0 Å². The molecule has 1 aromatic carbocycles. The van der Waals surface area contributed by atoms with Gasteiger partial charge in [-0.25, -0.2) is 4.99 Å². The third-order valence-corrected chi connectivity index (χ3v) is 4.37. The maximum absolute atomic E-state index is 12.6. The molecule has 5 nitrogen and oxygen atoms in total. The Morgan fingerprint density at radius 2 is 2.25 bits per heavy atom. The number of hydrogen-bond donors (Lipinski definition) is 1. The molecule has 6 heteroatoms. The molecular weight excluding hydrogens is 324 g/mol. The lowest BCUT2D eigenvalue weighted by atomic mass is 10.2. The van der Waals surface area contributed by atoms with Gasteiger partial charge in [0.15, 0.2) is 5.17 Å². The number of phenolic OH excluding ortho intramolecular Hbond substituents is 1. The molecule has 1 N–H and O–H groups in total. The molecule has 2 heterocycles. The summed E-state index contributed by atoms with van der Waals surface area (Å²) in [5, 5.41) is 10.5. The lowest BCUT2D eigenvalue weighted by molar-refractivity contribution is -0.121. The molecule has 0 bridgehead atoms. The first-order valence-electron chi connectivity index (χ1n) is 7.32. The molecular formula is C18H16N2O3S. The number of rotatable bonds is 4. The summed E-state index contributed by atoms with van der Waals surface area (Å²) in [7, 11) is 0. The van der Waals surface area contributed by atoms with Gasteiger partial charge in [-0.15, -0.1) is 6.58 Å². The van der Waals surface area contributed by atoms with Gasteiger partial charge in [0.2, 0.25) is 0 Å². The van der Waals surface area contributed by atoms with Crippen molar-refractivity contribution in [3.8, 4) is 5.75 Å². The van der Waals surface area contributed by atoms with Crippen LogP contribution in [0.2, 0.25) is 0 Å². The van der Waals surface area contributed by atoms with Crippen LogP contribution in [0.5, 0.6) is 5.75 Å². The van der Waals surface area contributed by atoms with E-state index in [0.717, 1.165) is 5.56 Å². The normalized spacial score (nSPS) is 17.9. The number of amidine groups is 1. The Morgan fingerprint density at radius 3 is 2.92 bits per heavy atom. The maximum atomic E-state index is 12.6. The lowest BCUT2D eigenvalue weighted by Crippen LogP contribution is -2.29. The molecule has 0 spiro atoms. The highest BCUT2D eigenvalue weighted by molar-refractivity contribution is 8.18. The number of aryl methyl sites for hydroxylation is 1. The van der Waals surface area contributed by atoms with Crippen LogP contribution in [0.3, 0.4) is 0 Å². The number of benzene rings is 1. The smallest absolute Gasteiger partial charge is 0.267 e. The van der Waals surface area contributed by atoms with Crippen LogP contribution in [0.15, 0.2) is 63.6 Å². The fourth-order valence-electron chi connectivity index (χ4n) is 2.22. The van der Waals surface area contributed by atoms with Crippen molar-refractivity contribution < 1.29 is 14.3 Å². The fraction of sp³-hybridized carbons (Fsp3) is 0.111. The summed E-state index contributed by atoms with van der Waals surface area (Å²) in [5.74, 6) is 0.517. The second-order valence-electron chi connectivity index (χ2n) is 5.22. The zero-order valence-corrected chi connectivity index (χ0v) is 13.9. The molecule has 2 aromatic rings. The van der Waals surface area contributed by atoms with Crippen LogP contribution in [0, 0.1) is 6.92 Å². The standard InChI is InChI=1S/C18H16N2O3S/c1-3-8-20-17(22)16(11-13-5-4-9-23-13)24-18(20)19-14-7-6-12(2)10-15(14)21/h3-7,9-11,21H,1,8H2,2H3/b16-11-,19-18?. The Labute approximate surface area is 144 Å². The predicted octanol–water partition coefficient (Wildman–Crippen LogP) is 4.08. The summed E-state index contributed by atoms with van der Waals surface area (Å²) in [6, 6.07) is 8.76. The number of aromatic hydroxyl groups is 1. The quantitative estimate of drug-likeness (QED) is 0.673. The topological polar surface area (TPSA) is 66.0 Å². The van der Waals surface area contributed by atoms with Crippen LogP contribution in [-0.4, -0.2) is 27.6 Å². The minimum Gasteiger partial charge on any atom is -0.506 e. The summed E-state index contributed by atoms with van der Waals surface area (Å²) >= 11 is 1.24. The van der Waals surface area contributed by atoms with Crippen molar-refractivity contribution in [2.24, 2.45) is 4.99 Å². The molecule has 0 saturated carbocycles. The summed E-state index contributed by atoms with van der Waals surface area (Å²) in [6.45, 7) is 5.91. The van der Waals surface area contributed by atoms with Crippen molar-refractivity contribution in [3.05, 3.63) is 65.5 Å². The van der Waals surface area contributed by atoms with Gasteiger partial charge in [0.1, 0.15) is 17.2 Å². The summed E-state index contributed by atoms with van der Waals surface area (Å²) in [4.78, 5) is 19.0. The van der Waals surface area contributed by atoms with Crippen LogP contribution in [0.25, 0.3) is 6.08 Å². The number of amides is 1. The second kappa shape index (κ2) is 6.80. The van der Waals surface area contributed by atoms with Crippen LogP contribution < -0.4 is 0 Å². The van der Waals surface area contributed by atoms with Crippen molar-refractivity contribution in [2.45, 2.75) is 6.92 Å². The molecule has 0 aliphatic carbocycles. The number of carbonyl (C=O) groups is 1. The van der Waals surface area contributed by atoms with Crippen molar-refractivity contribution in [1.82, 2.24) is 4.90 Å². The summed E-state index contributed by atoms with van der Waals surface area (Å²) < 4.78 is 5.26. The zero-order chi connectivity index (χ0) is 17.1. The molecule has 1 aliphatic rings. The van der Waals surface area contributed by atoms with Crippen LogP contribution in [0.1, 0.15) is 11.3 Å². The SMILES string of the molecule is C=CCN1C(=O)/C(=C/c2ccco2)SC1=Nc1ccc(C)cc1O. The molecule has 1 fully saturated rings. The van der Waals surface area contributed by atoms with Gasteiger partial charge in [0, 0.05) is 12.6 Å². The van der Waals surface area contributed by atoms with E-state index in [4.69, 9.17) is 4.42 Å². The maximum Gasteiger partial charge on any atom is 0.267 e. The Morgan fingerprint density at radius 1 is 1.42 bits per heavy atom. The molecule has 1 saturated heterocycles. The van der Waals surface area contributed by atoms with E-state index in [1.54, 1.807) is 42.7 Å². The molecule has 1 aliphatic heterocycles. The Balaban J connectivity index is 1.97. The first kappa shape index (κ1) is 16.1. The number of hydrogen-bond acceptors (Lipinski definition) is 5. The van der Waals surface area contributed by atoms with Gasteiger partial charge >= 0.3 is 0 Å². The largest absolute Gasteiger partial charge is 0.506 e. The van der Waals surface area contributed by atoms with E-state index in [1.807, 2.05) is 13.0 Å². The summed E-state index contributed by atoms with van der Waals surface area (Å²) in [6.07, 6.45) is 4.87. The fourth-order valence-corrected chi connectivity index (χ4v) is 3.20. The van der Waals surface area contributed by atoms with E-state index in [2.05, 4.69) is 11.6 Å². The second-order valence-corrected chi connectivity index (χ2v) is 6.23. The molecule has 0 atom stereocenters. The average Bonchev–Trinajstić information content (AvgIpc) is 3.15. The zero-order valence-electron chi connectivity index (χ0n) is 13.1. The molecule has 0 radical (unpaired) electrons. The summed E-state index contributed by atoms with van der Waals surface area (Å²) in [5.41, 5.74) is 1.36. The van der Waals surface area contributed by atoms with Gasteiger partial charge in [-0.05, 0) is 48.5 Å². The molecule has 3 rings (SSSR count). The van der Waals surface area contributed by atoms with Crippen molar-refractivity contribution in [3.63, 3.8) is 0 Å². The number of carbonyl (C=O) groups excluding carboxylic acids is 1. The van der Waals surface area contributed by atoms with Crippen LogP contribution in [-0.2, 0) is 4.79 Å². The number of phenols is 1. The first-order valence-corrected chi connectivity index (χ1v) is 8.14. The van der Waals surface area contributed by atoms with Gasteiger partial charge < -0.3 is 9.52 Å². The van der Waals surface area contributed by atoms with E-state index < -0.39 is 0 Å². The lowest BCUT2D eigenvalue weighted by Gasteiger charge is -2.12. The number of nitrogens with zero attached hydrogens (tertiary/aromatic N) is 2. The van der Waals surface area contributed by atoms with Crippen molar-refractivity contribution in [2.75, 3.05) is 6.54 Å². The predicted molar refractivity (Wildman–Crippen MR) is 96.1 cm³/mol. The third kappa shape index (κ3) is 3.28. The highest BCUT2D eigenvalue weighted by Crippen LogP contribution is 2.36. The van der Waals surface area contributed by atoms with E-state index in [9.17, 15) is 9.90 Å². The van der Waals surface area contributed by atoms with E-state index in [1.165, 1.54) is 16.7 Å². The monoisotopic (exact) mass is 340 g/mol. The first-order chi connectivity index (χ1) is 11.6. The van der Waals surface area contributed by atoms with E-state index in [-0.39, 0.29) is 11.7 Å². The Hall–Kier alpha value is -2.73. The molecule has 24 heavy (non-hydrogen) atoms. The van der Waals surface area contributed by atoms with Crippen LogP contribution in [0.4, 0.5) is 5.69 Å². The minimum absolute atomic E-state index is 0.0811. The number of furan rings is 1. The minimum atomic E-state index is -0.165. The van der Waals surface area contributed by atoms with Crippen LogP contribution >= 0.6 is 11.8 Å². The molecule has 1 amide bonds. The highest BCUT2D eigenvalue weighted by Gasteiger charge is 2.33. The van der Waals surface area contributed by atoms with Gasteiger partial charge in [0.05, 0.1) is 11.2 Å². The molecule has 0 unspecified atom stereocenters. The Kier molecular flexibility index (Phi) is 4.57. The average molecular weight is 340 g/mol. The molecule has 1 aromatic heterocycles. The van der Waals surface area contributed by atoms with Crippen molar-refractivity contribution >= 4 is 34.6 Å². The number of thioether (sulfide) groups is 1. The van der Waals surface area contributed by atoms with Gasteiger partial charge in [-0.1, -0.05) is 12.1 Å². The van der Waals surface area contributed by atoms with Gasteiger partial charge in [-0.3, -0.25) is 9.69 Å². The van der Waals surface area contributed by atoms with E-state index in [0.29, 0.717) is 28.1 Å². The molecule has 122 valence electrons. The highest BCUT2D eigenvalue weighted by atomic mass is 32.2. The van der Waals surface area contributed by atoms with Gasteiger partial charge in [0.25, 0.3) is 5.91 Å². The number of aliphatic imine (C=N–C) groups is 1.